The van der Waals surface area contributed by atoms with Gasteiger partial charge in [-0.1, -0.05) is 12.1 Å². The summed E-state index contributed by atoms with van der Waals surface area (Å²) < 4.78 is 18.3. The summed E-state index contributed by atoms with van der Waals surface area (Å²) in [4.78, 5) is 0. The van der Waals surface area contributed by atoms with Crippen LogP contribution in [0.3, 0.4) is 0 Å². The highest BCUT2D eigenvalue weighted by molar-refractivity contribution is 6.17. The SMILES string of the molecule is Fc1ccccc1OCCCCCCl. The fourth-order valence-electron chi connectivity index (χ4n) is 1.12. The van der Waals surface area contributed by atoms with E-state index in [1.807, 2.05) is 0 Å². The van der Waals surface area contributed by atoms with Gasteiger partial charge in [0, 0.05) is 5.88 Å². The fourth-order valence-corrected chi connectivity index (χ4v) is 1.31. The highest BCUT2D eigenvalue weighted by Crippen LogP contribution is 2.15. The first-order chi connectivity index (χ1) is 6.84. The first-order valence-corrected chi connectivity index (χ1v) is 5.31. The van der Waals surface area contributed by atoms with Crippen molar-refractivity contribution in [2.75, 3.05) is 12.5 Å². The van der Waals surface area contributed by atoms with Crippen LogP contribution in [0.15, 0.2) is 24.3 Å². The molecule has 0 heterocycles. The molecule has 0 bridgehead atoms. The summed E-state index contributed by atoms with van der Waals surface area (Å²) in [6.07, 6.45) is 2.93. The van der Waals surface area contributed by atoms with E-state index in [9.17, 15) is 4.39 Å². The van der Waals surface area contributed by atoms with E-state index in [0.29, 0.717) is 18.2 Å². The van der Waals surface area contributed by atoms with Crippen LogP contribution in [0.1, 0.15) is 19.3 Å². The minimum atomic E-state index is -0.301. The van der Waals surface area contributed by atoms with Gasteiger partial charge in [0.25, 0.3) is 0 Å². The molecule has 0 saturated carbocycles. The summed E-state index contributed by atoms with van der Waals surface area (Å²) in [5, 5.41) is 0. The Morgan fingerprint density at radius 2 is 1.93 bits per heavy atom. The van der Waals surface area contributed by atoms with Gasteiger partial charge < -0.3 is 4.74 Å². The van der Waals surface area contributed by atoms with E-state index in [0.717, 1.165) is 19.3 Å². The Hall–Kier alpha value is -0.760. The van der Waals surface area contributed by atoms with Gasteiger partial charge in [-0.3, -0.25) is 0 Å². The van der Waals surface area contributed by atoms with Crippen molar-refractivity contribution in [1.29, 1.82) is 0 Å². The van der Waals surface area contributed by atoms with Crippen molar-refractivity contribution < 1.29 is 9.13 Å². The van der Waals surface area contributed by atoms with Crippen molar-refractivity contribution in [2.45, 2.75) is 19.3 Å². The zero-order valence-electron chi connectivity index (χ0n) is 8.01. The molecule has 14 heavy (non-hydrogen) atoms. The van der Waals surface area contributed by atoms with Gasteiger partial charge in [0.1, 0.15) is 0 Å². The predicted molar refractivity (Wildman–Crippen MR) is 56.5 cm³/mol. The Morgan fingerprint density at radius 1 is 1.14 bits per heavy atom. The molecule has 0 unspecified atom stereocenters. The van der Waals surface area contributed by atoms with Gasteiger partial charge in [0.2, 0.25) is 0 Å². The Kier molecular flexibility index (Phi) is 5.38. The van der Waals surface area contributed by atoms with Crippen LogP contribution in [0.25, 0.3) is 0 Å². The highest BCUT2D eigenvalue weighted by atomic mass is 35.5. The lowest BCUT2D eigenvalue weighted by Crippen LogP contribution is -1.99. The molecule has 3 heteroatoms. The molecule has 1 aromatic carbocycles. The highest BCUT2D eigenvalue weighted by Gasteiger charge is 1.99. The third-order valence-corrected chi connectivity index (χ3v) is 2.14. The first kappa shape index (κ1) is 11.3. The molecule has 0 amide bonds. The maximum Gasteiger partial charge on any atom is 0.165 e. The van der Waals surface area contributed by atoms with Crippen LogP contribution in [0.2, 0.25) is 0 Å². The van der Waals surface area contributed by atoms with E-state index in [-0.39, 0.29) is 5.82 Å². The third kappa shape index (κ3) is 3.97. The summed E-state index contributed by atoms with van der Waals surface area (Å²) in [5.41, 5.74) is 0. The molecule has 0 aliphatic carbocycles. The Morgan fingerprint density at radius 3 is 2.64 bits per heavy atom. The van der Waals surface area contributed by atoms with Crippen LogP contribution in [-0.4, -0.2) is 12.5 Å². The van der Waals surface area contributed by atoms with Crippen molar-refractivity contribution in [3.05, 3.63) is 30.1 Å². The van der Waals surface area contributed by atoms with Crippen LogP contribution in [-0.2, 0) is 0 Å². The second-order valence-electron chi connectivity index (χ2n) is 3.03. The van der Waals surface area contributed by atoms with Gasteiger partial charge in [-0.2, -0.15) is 0 Å². The van der Waals surface area contributed by atoms with Gasteiger partial charge in [-0.15, -0.1) is 11.6 Å². The van der Waals surface area contributed by atoms with Crippen molar-refractivity contribution >= 4 is 11.6 Å². The quantitative estimate of drug-likeness (QED) is 0.522. The second kappa shape index (κ2) is 6.66. The summed E-state index contributed by atoms with van der Waals surface area (Å²) >= 11 is 5.52. The number of para-hydroxylation sites is 1. The molecule has 1 rings (SSSR count). The van der Waals surface area contributed by atoms with Gasteiger partial charge in [-0.05, 0) is 31.4 Å². The van der Waals surface area contributed by atoms with Crippen LogP contribution < -0.4 is 4.74 Å². The average Bonchev–Trinajstić information content (AvgIpc) is 2.20. The lowest BCUT2D eigenvalue weighted by Gasteiger charge is -2.05. The summed E-state index contributed by atoms with van der Waals surface area (Å²) in [6, 6.07) is 6.44. The van der Waals surface area contributed by atoms with E-state index in [1.54, 1.807) is 18.2 Å². The van der Waals surface area contributed by atoms with Crippen LogP contribution >= 0.6 is 11.6 Å². The van der Waals surface area contributed by atoms with Crippen molar-refractivity contribution in [3.63, 3.8) is 0 Å². The number of hydrogen-bond donors (Lipinski definition) is 0. The lowest BCUT2D eigenvalue weighted by atomic mass is 10.2. The topological polar surface area (TPSA) is 9.23 Å². The minimum absolute atomic E-state index is 0.301. The largest absolute Gasteiger partial charge is 0.491 e. The van der Waals surface area contributed by atoms with E-state index >= 15 is 0 Å². The van der Waals surface area contributed by atoms with Crippen molar-refractivity contribution in [2.24, 2.45) is 0 Å². The van der Waals surface area contributed by atoms with Gasteiger partial charge in [-0.25, -0.2) is 4.39 Å². The molecule has 1 nitrogen and oxygen atoms in total. The predicted octanol–water partition coefficient (Wildman–Crippen LogP) is 3.61. The zero-order valence-corrected chi connectivity index (χ0v) is 8.77. The Bertz CT molecular complexity index is 265. The second-order valence-corrected chi connectivity index (χ2v) is 3.41. The molecular formula is C11H14ClFO. The monoisotopic (exact) mass is 216 g/mol. The number of unbranched alkanes of at least 4 members (excludes halogenated alkanes) is 2. The molecule has 0 saturated heterocycles. The maximum atomic E-state index is 13.0. The van der Waals surface area contributed by atoms with E-state index in [1.165, 1.54) is 6.07 Å². The number of hydrogen-bond acceptors (Lipinski definition) is 1. The molecular weight excluding hydrogens is 203 g/mol. The van der Waals surface area contributed by atoms with Gasteiger partial charge in [0.05, 0.1) is 6.61 Å². The molecule has 78 valence electrons. The maximum absolute atomic E-state index is 13.0. The average molecular weight is 217 g/mol. The molecule has 0 fully saturated rings. The third-order valence-electron chi connectivity index (χ3n) is 1.87. The number of benzene rings is 1. The molecule has 0 aromatic heterocycles. The molecule has 0 atom stereocenters. The summed E-state index contributed by atoms with van der Waals surface area (Å²) in [6.45, 7) is 0.553. The number of alkyl halides is 1. The molecule has 0 spiro atoms. The van der Waals surface area contributed by atoms with Crippen LogP contribution in [0.4, 0.5) is 4.39 Å². The normalized spacial score (nSPS) is 10.1. The molecule has 0 aliphatic heterocycles. The number of halogens is 2. The van der Waals surface area contributed by atoms with Crippen molar-refractivity contribution in [3.8, 4) is 5.75 Å². The summed E-state index contributed by atoms with van der Waals surface area (Å²) in [5.74, 6) is 0.711. The van der Waals surface area contributed by atoms with Gasteiger partial charge >= 0.3 is 0 Å². The molecule has 0 N–H and O–H groups in total. The van der Waals surface area contributed by atoms with Crippen LogP contribution in [0.5, 0.6) is 5.75 Å². The zero-order chi connectivity index (χ0) is 10.2. The van der Waals surface area contributed by atoms with E-state index in [4.69, 9.17) is 16.3 Å². The Balaban J connectivity index is 2.21. The number of rotatable bonds is 6. The molecule has 1 aromatic rings. The first-order valence-electron chi connectivity index (χ1n) is 4.78. The molecule has 0 radical (unpaired) electrons. The lowest BCUT2D eigenvalue weighted by molar-refractivity contribution is 0.291. The fraction of sp³-hybridized carbons (Fsp3) is 0.455. The minimum Gasteiger partial charge on any atom is -0.491 e. The standard InChI is InChI=1S/C11H14ClFO/c12-8-4-1-5-9-14-11-7-3-2-6-10(11)13/h2-3,6-7H,1,4-5,8-9H2. The van der Waals surface area contributed by atoms with Gasteiger partial charge in [0.15, 0.2) is 11.6 Å². The smallest absolute Gasteiger partial charge is 0.165 e. The summed E-state index contributed by atoms with van der Waals surface area (Å²) in [7, 11) is 0. The van der Waals surface area contributed by atoms with Crippen LogP contribution in [0, 0.1) is 5.82 Å². The molecule has 0 aliphatic rings. The van der Waals surface area contributed by atoms with E-state index < -0.39 is 0 Å². The van der Waals surface area contributed by atoms with E-state index in [2.05, 4.69) is 0 Å². The number of ether oxygens (including phenoxy) is 1. The van der Waals surface area contributed by atoms with Crippen molar-refractivity contribution in [1.82, 2.24) is 0 Å². The Labute approximate surface area is 88.8 Å².